The van der Waals surface area contributed by atoms with Crippen LogP contribution in [0.25, 0.3) is 0 Å². The van der Waals surface area contributed by atoms with Crippen molar-refractivity contribution in [2.75, 3.05) is 34.2 Å². The number of phosphoric acid groups is 1. The van der Waals surface area contributed by atoms with Gasteiger partial charge in [-0.3, -0.25) is 14.6 Å². The standard InChI is InChI=1S/C29H33O16P/c1-11-38-9-20-27(42-11)23(30)24(31)29(43-20)44-25-14-7-17-16(40-10-41-17)6-13(14)21(22-15(25)8-39-28(22)32)12-4-18(36-2)26(19(5-12)37-3)45-46(33,34)35/h4-7,11,15,20-25,27,29-31H,8-10H2,1-3H3,(H2,33,34,35)/t11-,15+,20-,21-,22+,23-,24-,25-,27-,29+/m1/s1/i21D,22D. The molecule has 4 heterocycles. The highest BCUT2D eigenvalue weighted by Gasteiger charge is 2.56. The Morgan fingerprint density at radius 1 is 0.935 bits per heavy atom. The van der Waals surface area contributed by atoms with Crippen molar-refractivity contribution in [2.24, 2.45) is 11.8 Å². The van der Waals surface area contributed by atoms with Gasteiger partial charge in [0.1, 0.15) is 24.4 Å². The van der Waals surface area contributed by atoms with Crippen molar-refractivity contribution in [3.05, 3.63) is 41.0 Å². The van der Waals surface area contributed by atoms with Crippen molar-refractivity contribution in [2.45, 2.75) is 55.9 Å². The predicted molar refractivity (Wildman–Crippen MR) is 149 cm³/mol. The summed E-state index contributed by atoms with van der Waals surface area (Å²) in [5.41, 5.74) is 0.229. The molecule has 4 N–H and O–H groups in total. The summed E-state index contributed by atoms with van der Waals surface area (Å²) in [5.74, 6) is -7.62. The van der Waals surface area contributed by atoms with E-state index >= 15 is 0 Å². The molecule has 0 unspecified atom stereocenters. The van der Waals surface area contributed by atoms with Crippen molar-refractivity contribution >= 4 is 13.8 Å². The average Bonchev–Trinajstić information content (AvgIpc) is 3.64. The maximum absolute atomic E-state index is 13.7. The number of hydrogen-bond acceptors (Lipinski definition) is 14. The first-order valence-corrected chi connectivity index (χ1v) is 15.8. The molecule has 3 saturated heterocycles. The topological polar surface area (TPSA) is 207 Å². The molecule has 0 saturated carbocycles. The first-order chi connectivity index (χ1) is 22.7. The van der Waals surface area contributed by atoms with Gasteiger partial charge in [-0.1, -0.05) is 0 Å². The molecule has 0 aromatic heterocycles. The van der Waals surface area contributed by atoms with E-state index < -0.39 is 80.3 Å². The molecule has 46 heavy (non-hydrogen) atoms. The number of fused-ring (bicyclic) bond motifs is 4. The fourth-order valence-corrected chi connectivity index (χ4v) is 6.86. The van der Waals surface area contributed by atoms with Gasteiger partial charge in [0.05, 0.1) is 39.4 Å². The lowest BCUT2D eigenvalue weighted by molar-refractivity contribution is -0.364. The second-order valence-electron chi connectivity index (χ2n) is 11.2. The van der Waals surface area contributed by atoms with Crippen LogP contribution in [0, 0.1) is 11.8 Å². The van der Waals surface area contributed by atoms with E-state index in [4.69, 9.17) is 47.2 Å². The fraction of sp³-hybridized carbons (Fsp3) is 0.552. The highest BCUT2D eigenvalue weighted by Crippen LogP contribution is 2.57. The van der Waals surface area contributed by atoms with Crippen LogP contribution in [0.15, 0.2) is 24.3 Å². The molecule has 5 aliphatic rings. The largest absolute Gasteiger partial charge is 0.525 e. The summed E-state index contributed by atoms with van der Waals surface area (Å²) >= 11 is 0. The number of ether oxygens (including phenoxy) is 9. The van der Waals surface area contributed by atoms with E-state index in [1.807, 2.05) is 0 Å². The number of carbonyl (C=O) groups excluding carboxylic acids is 1. The zero-order valence-electron chi connectivity index (χ0n) is 26.7. The highest BCUT2D eigenvalue weighted by molar-refractivity contribution is 7.46. The molecule has 10 atom stereocenters. The molecule has 4 aliphatic heterocycles. The molecule has 2 aromatic carbocycles. The summed E-state index contributed by atoms with van der Waals surface area (Å²) in [4.78, 5) is 32.8. The summed E-state index contributed by atoms with van der Waals surface area (Å²) < 4.78 is 87.4. The summed E-state index contributed by atoms with van der Waals surface area (Å²) in [5, 5.41) is 22.1. The molecule has 0 spiro atoms. The van der Waals surface area contributed by atoms with Crippen molar-refractivity contribution in [3.63, 3.8) is 0 Å². The molecule has 7 rings (SSSR count). The van der Waals surface area contributed by atoms with Gasteiger partial charge in [0.15, 0.2) is 35.6 Å². The first-order valence-electron chi connectivity index (χ1n) is 15.3. The Balaban J connectivity index is 1.39. The second-order valence-corrected chi connectivity index (χ2v) is 12.3. The lowest BCUT2D eigenvalue weighted by Gasteiger charge is -2.47. The molecule has 2 aromatic rings. The van der Waals surface area contributed by atoms with Crippen molar-refractivity contribution < 1.29 is 79.3 Å². The van der Waals surface area contributed by atoms with Gasteiger partial charge in [-0.25, -0.2) is 4.57 Å². The molecular weight excluding hydrogens is 635 g/mol. The van der Waals surface area contributed by atoms with Crippen LogP contribution in [0.3, 0.4) is 0 Å². The van der Waals surface area contributed by atoms with Gasteiger partial charge in [-0.15, -0.1) is 0 Å². The minimum atomic E-state index is -5.11. The van der Waals surface area contributed by atoms with Crippen molar-refractivity contribution in [1.82, 2.24) is 0 Å². The van der Waals surface area contributed by atoms with Gasteiger partial charge in [0, 0.05) is 14.6 Å². The minimum Gasteiger partial charge on any atom is -0.493 e. The van der Waals surface area contributed by atoms with Crippen molar-refractivity contribution in [3.8, 4) is 28.7 Å². The number of phosphoric ester groups is 1. The molecule has 0 bridgehead atoms. The van der Waals surface area contributed by atoms with Gasteiger partial charge < -0.3 is 57.4 Å². The number of benzene rings is 2. The number of esters is 1. The Morgan fingerprint density at radius 2 is 1.61 bits per heavy atom. The van der Waals surface area contributed by atoms with Gasteiger partial charge in [0.25, 0.3) is 0 Å². The zero-order chi connectivity index (χ0) is 34.3. The highest BCUT2D eigenvalue weighted by atomic mass is 31.2. The molecule has 0 amide bonds. The van der Waals surface area contributed by atoms with E-state index in [1.165, 1.54) is 38.5 Å². The summed E-state index contributed by atoms with van der Waals surface area (Å²) in [6.45, 7) is 1.14. The molecule has 16 nitrogen and oxygen atoms in total. The Hall–Kier alpha value is -3.18. The molecule has 17 heteroatoms. The van der Waals surface area contributed by atoms with E-state index in [-0.39, 0.29) is 59.7 Å². The SMILES string of the molecule is [2H][C@@]1(c2cc(OC)c(OP(=O)(O)O)c(OC)c2)c2cc3c(cc2[C@@H](O[C@@H]2O[C@@H]4CO[C@@H](C)O[C@H]4[C@H](O)[C@H]2O)[C@H]2COC(=O)[C@@]21[2H])OCO3. The Morgan fingerprint density at radius 3 is 2.26 bits per heavy atom. The number of methoxy groups -OCH3 is 2. The van der Waals surface area contributed by atoms with Crippen LogP contribution in [0.4, 0.5) is 0 Å². The number of cyclic esters (lactones) is 1. The molecule has 3 fully saturated rings. The van der Waals surface area contributed by atoms with Crippen LogP contribution in [0.1, 0.15) is 38.4 Å². The number of aliphatic hydroxyl groups is 2. The fourth-order valence-electron chi connectivity index (χ4n) is 6.44. The van der Waals surface area contributed by atoms with Crippen LogP contribution < -0.4 is 23.5 Å². The van der Waals surface area contributed by atoms with E-state index in [9.17, 15) is 32.1 Å². The zero-order valence-corrected chi connectivity index (χ0v) is 25.6. The Bertz CT molecular complexity index is 1640. The van der Waals surface area contributed by atoms with Crippen molar-refractivity contribution in [1.29, 1.82) is 0 Å². The van der Waals surface area contributed by atoms with E-state index in [1.54, 1.807) is 6.92 Å². The normalized spacial score (nSPS) is 38.5. The predicted octanol–water partition coefficient (Wildman–Crippen LogP) is 1.10. The third-order valence-electron chi connectivity index (χ3n) is 8.46. The second kappa shape index (κ2) is 11.8. The van der Waals surface area contributed by atoms with Gasteiger partial charge >= 0.3 is 13.8 Å². The summed E-state index contributed by atoms with van der Waals surface area (Å²) in [6, 6.07) is 5.40. The minimum absolute atomic E-state index is 0.0318. The number of hydrogen-bond donors (Lipinski definition) is 4. The lowest BCUT2D eigenvalue weighted by atomic mass is 9.66. The monoisotopic (exact) mass is 670 g/mol. The van der Waals surface area contributed by atoms with Crippen LogP contribution in [0.2, 0.25) is 0 Å². The molecular formula is C29H33O16P. The average molecular weight is 671 g/mol. The van der Waals surface area contributed by atoms with Gasteiger partial charge in [-0.05, 0) is 47.9 Å². The lowest BCUT2D eigenvalue weighted by Crippen LogP contribution is -2.63. The summed E-state index contributed by atoms with van der Waals surface area (Å²) in [6.07, 6.45) is -8.18. The third kappa shape index (κ3) is 5.37. The van der Waals surface area contributed by atoms with Gasteiger partial charge in [-0.2, -0.15) is 0 Å². The third-order valence-corrected chi connectivity index (χ3v) is 8.89. The number of rotatable bonds is 7. The number of carbonyl (C=O) groups is 1. The van der Waals surface area contributed by atoms with E-state index in [0.29, 0.717) is 0 Å². The Labute approximate surface area is 264 Å². The van der Waals surface area contributed by atoms with Gasteiger partial charge in [0.2, 0.25) is 12.5 Å². The number of aliphatic hydroxyl groups excluding tert-OH is 2. The Kier molecular flexibility index (Phi) is 7.44. The molecule has 1 aliphatic carbocycles. The van der Waals surface area contributed by atoms with Crippen LogP contribution in [-0.2, 0) is 33.0 Å². The molecule has 250 valence electrons. The van der Waals surface area contributed by atoms with Crippen LogP contribution in [0.5, 0.6) is 28.7 Å². The molecule has 0 radical (unpaired) electrons. The summed E-state index contributed by atoms with van der Waals surface area (Å²) in [7, 11) is -2.73. The maximum atomic E-state index is 13.7. The van der Waals surface area contributed by atoms with E-state index in [2.05, 4.69) is 0 Å². The maximum Gasteiger partial charge on any atom is 0.525 e. The van der Waals surface area contributed by atoms with Crippen LogP contribution >= 0.6 is 7.82 Å². The van der Waals surface area contributed by atoms with E-state index in [0.717, 1.165) is 0 Å². The quantitative estimate of drug-likeness (QED) is 0.240. The first kappa shape index (κ1) is 29.0. The van der Waals surface area contributed by atoms with Crippen LogP contribution in [-0.4, -0.2) is 97.2 Å². The smallest absolute Gasteiger partial charge is 0.493 e.